The zero-order valence-electron chi connectivity index (χ0n) is 17.7. The molecule has 0 N–H and O–H groups in total. The van der Waals surface area contributed by atoms with Gasteiger partial charge < -0.3 is 4.74 Å². The Morgan fingerprint density at radius 1 is 1.00 bits per heavy atom. The monoisotopic (exact) mass is 402 g/mol. The molecule has 1 aliphatic rings. The molecule has 154 valence electrons. The van der Waals surface area contributed by atoms with E-state index >= 15 is 4.39 Å². The van der Waals surface area contributed by atoms with Crippen LogP contribution in [0.1, 0.15) is 55.4 Å². The number of aryl methyl sites for hydroxylation is 1. The van der Waals surface area contributed by atoms with E-state index in [0.29, 0.717) is 12.0 Å². The number of ether oxygens (including phenoxy) is 1. The van der Waals surface area contributed by atoms with E-state index in [-0.39, 0.29) is 23.6 Å². The molecule has 2 unspecified atom stereocenters. The molecule has 0 radical (unpaired) electrons. The zero-order valence-corrected chi connectivity index (χ0v) is 17.7. The molecule has 3 aromatic carbocycles. The Bertz CT molecular complexity index is 1050. The van der Waals surface area contributed by atoms with Crippen molar-refractivity contribution in [3.63, 3.8) is 0 Å². The molecule has 1 aliphatic heterocycles. The molecular formula is C27H27FO2. The highest BCUT2D eigenvalue weighted by Gasteiger charge is 2.29. The normalized spacial score (nSPS) is 16.7. The van der Waals surface area contributed by atoms with Crippen molar-refractivity contribution in [2.45, 2.75) is 46.0 Å². The summed E-state index contributed by atoms with van der Waals surface area (Å²) in [5.41, 5.74) is 6.00. The summed E-state index contributed by atoms with van der Waals surface area (Å²) in [6.45, 7) is 5.97. The van der Waals surface area contributed by atoms with Crippen LogP contribution in [0.15, 0.2) is 60.7 Å². The van der Waals surface area contributed by atoms with Crippen LogP contribution in [0, 0.1) is 11.7 Å². The summed E-state index contributed by atoms with van der Waals surface area (Å²) in [6.07, 6.45) is 2.76. The molecule has 0 saturated carbocycles. The van der Waals surface area contributed by atoms with Gasteiger partial charge in [-0.15, -0.1) is 0 Å². The molecule has 3 heteroatoms. The minimum atomic E-state index is -0.421. The number of hydrogen-bond acceptors (Lipinski definition) is 2. The molecule has 4 rings (SSSR count). The smallest absolute Gasteiger partial charge is 0.314 e. The summed E-state index contributed by atoms with van der Waals surface area (Å²) in [7, 11) is 0. The van der Waals surface area contributed by atoms with Crippen molar-refractivity contribution in [1.82, 2.24) is 0 Å². The van der Waals surface area contributed by atoms with Crippen molar-refractivity contribution >= 4 is 5.97 Å². The fourth-order valence-electron chi connectivity index (χ4n) is 4.13. The number of benzene rings is 3. The van der Waals surface area contributed by atoms with E-state index in [2.05, 4.69) is 43.3 Å². The topological polar surface area (TPSA) is 26.3 Å². The van der Waals surface area contributed by atoms with Gasteiger partial charge in [-0.2, -0.15) is 0 Å². The van der Waals surface area contributed by atoms with Crippen LogP contribution in [0.3, 0.4) is 0 Å². The third-order valence-electron chi connectivity index (χ3n) is 6.04. The summed E-state index contributed by atoms with van der Waals surface area (Å²) in [4.78, 5) is 11.9. The summed E-state index contributed by atoms with van der Waals surface area (Å²) in [5, 5.41) is 0. The van der Waals surface area contributed by atoms with Crippen molar-refractivity contribution in [1.29, 1.82) is 0 Å². The number of rotatable bonds is 5. The highest BCUT2D eigenvalue weighted by atomic mass is 19.1. The Morgan fingerprint density at radius 2 is 1.63 bits per heavy atom. The summed E-state index contributed by atoms with van der Waals surface area (Å²) < 4.78 is 20.4. The summed E-state index contributed by atoms with van der Waals surface area (Å²) in [6, 6.07) is 20.6. The number of esters is 1. The predicted molar refractivity (Wildman–Crippen MR) is 118 cm³/mol. The van der Waals surface area contributed by atoms with Crippen LogP contribution in [0.4, 0.5) is 4.39 Å². The fourth-order valence-corrected chi connectivity index (χ4v) is 4.13. The second-order valence-corrected chi connectivity index (χ2v) is 8.27. The predicted octanol–water partition coefficient (Wildman–Crippen LogP) is 6.69. The average Bonchev–Trinajstić information content (AvgIpc) is 2.76. The van der Waals surface area contributed by atoms with E-state index in [9.17, 15) is 4.79 Å². The second kappa shape index (κ2) is 8.43. The van der Waals surface area contributed by atoms with Gasteiger partial charge >= 0.3 is 5.97 Å². The number of carbonyl (C=O) groups excluding carboxylic acids is 1. The van der Waals surface area contributed by atoms with Gasteiger partial charge in [0.2, 0.25) is 0 Å². The van der Waals surface area contributed by atoms with Crippen LogP contribution >= 0.6 is 0 Å². The van der Waals surface area contributed by atoms with Gasteiger partial charge in [0.1, 0.15) is 0 Å². The van der Waals surface area contributed by atoms with Crippen LogP contribution < -0.4 is 4.74 Å². The Labute approximate surface area is 177 Å². The van der Waals surface area contributed by atoms with Crippen molar-refractivity contribution in [2.24, 2.45) is 5.92 Å². The maximum absolute atomic E-state index is 15.2. The van der Waals surface area contributed by atoms with Crippen molar-refractivity contribution in [2.75, 3.05) is 0 Å². The molecule has 0 amide bonds. The maximum Gasteiger partial charge on any atom is 0.314 e. The third kappa shape index (κ3) is 3.89. The Balaban J connectivity index is 1.58. The SMILES string of the molecule is CCCc1ccc(-c2ccc(C(C)c3ccc4c(c3F)OC(=O)C(C)C4)cc2)cc1. The second-order valence-electron chi connectivity index (χ2n) is 8.27. The molecule has 0 aromatic heterocycles. The van der Waals surface area contributed by atoms with Gasteiger partial charge in [0.25, 0.3) is 0 Å². The third-order valence-corrected chi connectivity index (χ3v) is 6.04. The Hall–Kier alpha value is -2.94. The molecular weight excluding hydrogens is 375 g/mol. The van der Waals surface area contributed by atoms with Gasteiger partial charge in [-0.3, -0.25) is 4.79 Å². The molecule has 3 aromatic rings. The Kier molecular flexibility index (Phi) is 5.72. The van der Waals surface area contributed by atoms with Gasteiger partial charge in [-0.25, -0.2) is 4.39 Å². The number of fused-ring (bicyclic) bond motifs is 1. The molecule has 0 fully saturated rings. The number of carbonyl (C=O) groups is 1. The highest BCUT2D eigenvalue weighted by Crippen LogP contribution is 2.37. The molecule has 0 saturated heterocycles. The van der Waals surface area contributed by atoms with E-state index in [1.165, 1.54) is 11.1 Å². The van der Waals surface area contributed by atoms with Gasteiger partial charge in [0.15, 0.2) is 11.6 Å². The molecule has 2 nitrogen and oxygen atoms in total. The molecule has 1 heterocycles. The van der Waals surface area contributed by atoms with Gasteiger partial charge in [0.05, 0.1) is 5.92 Å². The first-order valence-electron chi connectivity index (χ1n) is 10.7. The molecule has 0 bridgehead atoms. The van der Waals surface area contributed by atoms with Crippen LogP contribution in [0.5, 0.6) is 5.75 Å². The van der Waals surface area contributed by atoms with Crippen LogP contribution in [0.25, 0.3) is 11.1 Å². The van der Waals surface area contributed by atoms with Crippen molar-refractivity contribution in [3.8, 4) is 16.9 Å². The lowest BCUT2D eigenvalue weighted by atomic mass is 9.88. The molecule has 2 atom stereocenters. The largest absolute Gasteiger partial charge is 0.423 e. The minimum absolute atomic E-state index is 0.103. The van der Waals surface area contributed by atoms with E-state index in [0.717, 1.165) is 29.5 Å². The van der Waals surface area contributed by atoms with Crippen LogP contribution in [-0.4, -0.2) is 5.97 Å². The first-order valence-corrected chi connectivity index (χ1v) is 10.7. The molecule has 0 aliphatic carbocycles. The lowest BCUT2D eigenvalue weighted by Crippen LogP contribution is -2.26. The van der Waals surface area contributed by atoms with Crippen molar-refractivity contribution < 1.29 is 13.9 Å². The fraction of sp³-hybridized carbons (Fsp3) is 0.296. The van der Waals surface area contributed by atoms with E-state index in [4.69, 9.17) is 4.74 Å². The van der Waals surface area contributed by atoms with Gasteiger partial charge in [-0.05, 0) is 46.2 Å². The van der Waals surface area contributed by atoms with Crippen LogP contribution in [0.2, 0.25) is 0 Å². The summed E-state index contributed by atoms with van der Waals surface area (Å²) >= 11 is 0. The van der Waals surface area contributed by atoms with E-state index in [1.807, 2.05) is 31.2 Å². The molecule has 30 heavy (non-hydrogen) atoms. The Morgan fingerprint density at radius 3 is 2.27 bits per heavy atom. The maximum atomic E-state index is 15.2. The van der Waals surface area contributed by atoms with E-state index in [1.54, 1.807) is 6.92 Å². The average molecular weight is 403 g/mol. The minimum Gasteiger partial charge on any atom is -0.423 e. The highest BCUT2D eigenvalue weighted by molar-refractivity contribution is 5.78. The van der Waals surface area contributed by atoms with Crippen molar-refractivity contribution in [3.05, 3.63) is 88.7 Å². The first-order chi connectivity index (χ1) is 14.5. The quantitative estimate of drug-likeness (QED) is 0.351. The summed E-state index contributed by atoms with van der Waals surface area (Å²) in [5.74, 6) is -1.05. The lowest BCUT2D eigenvalue weighted by Gasteiger charge is -2.23. The molecule has 0 spiro atoms. The van der Waals surface area contributed by atoms with Gasteiger partial charge in [-0.1, -0.05) is 87.9 Å². The van der Waals surface area contributed by atoms with Gasteiger partial charge in [0, 0.05) is 5.92 Å². The lowest BCUT2D eigenvalue weighted by molar-refractivity contribution is -0.139. The van der Waals surface area contributed by atoms with E-state index < -0.39 is 5.82 Å². The standard InChI is InChI=1S/C27H27FO2/c1-4-5-19-6-8-21(9-7-19)22-12-10-20(11-13-22)18(3)24-15-14-23-16-17(2)27(29)30-26(23)25(24)28/h6-15,17-18H,4-5,16H2,1-3H3. The zero-order chi connectivity index (χ0) is 21.3. The first kappa shape index (κ1) is 20.3. The number of hydrogen-bond donors (Lipinski definition) is 0. The van der Waals surface area contributed by atoms with Crippen LogP contribution in [-0.2, 0) is 17.6 Å². The number of halogens is 1.